The van der Waals surface area contributed by atoms with Crippen LogP contribution in [0.5, 0.6) is 0 Å². The molecule has 0 saturated carbocycles. The van der Waals surface area contributed by atoms with Gasteiger partial charge >= 0.3 is 16.2 Å². The van der Waals surface area contributed by atoms with Gasteiger partial charge in [-0.2, -0.15) is 8.42 Å². The molecule has 2 aromatic carbocycles. The summed E-state index contributed by atoms with van der Waals surface area (Å²) in [7, 11) is -9.06. The number of sulfonamides is 1. The van der Waals surface area contributed by atoms with Gasteiger partial charge in [0.2, 0.25) is 0 Å². The van der Waals surface area contributed by atoms with Gasteiger partial charge in [-0.25, -0.2) is 13.2 Å². The molecule has 0 aromatic heterocycles. The Bertz CT molecular complexity index is 1050. The molecule has 0 amide bonds. The van der Waals surface area contributed by atoms with Gasteiger partial charge in [0.05, 0.1) is 21.0 Å². The Labute approximate surface area is 151 Å². The van der Waals surface area contributed by atoms with Crippen LogP contribution in [0.3, 0.4) is 0 Å². The third-order valence-corrected chi connectivity index (χ3v) is 6.30. The molecular formula is C14H11BrFNO6S2. The van der Waals surface area contributed by atoms with Crippen LogP contribution < -0.4 is 4.72 Å². The van der Waals surface area contributed by atoms with Crippen molar-refractivity contribution in [2.75, 3.05) is 4.72 Å². The summed E-state index contributed by atoms with van der Waals surface area (Å²) >= 11 is 3.15. The number of anilines is 1. The lowest BCUT2D eigenvalue weighted by atomic mass is 10.1. The Hall–Kier alpha value is -1.98. The van der Waals surface area contributed by atoms with Crippen molar-refractivity contribution in [3.63, 3.8) is 0 Å². The largest absolute Gasteiger partial charge is 0.478 e. The molecule has 0 aliphatic rings. The van der Waals surface area contributed by atoms with E-state index < -0.39 is 31.1 Å². The zero-order chi connectivity index (χ0) is 19.0. The highest BCUT2D eigenvalue weighted by molar-refractivity contribution is 9.10. The average molecular weight is 452 g/mol. The van der Waals surface area contributed by atoms with E-state index in [9.17, 15) is 25.5 Å². The number of carboxylic acid groups (broad SMARTS) is 1. The standard InChI is InChI=1S/C14H11BrFNO6S2/c1-8-12(14(18)19)6-9(7-13(8)15)17-25(22,23)11-4-2-10(3-5-11)24(16,20)21/h2-7,17H,1H3,(H,18,19). The molecule has 134 valence electrons. The number of carboxylic acids is 1. The average Bonchev–Trinajstić information content (AvgIpc) is 2.49. The van der Waals surface area contributed by atoms with E-state index >= 15 is 0 Å². The van der Waals surface area contributed by atoms with E-state index in [1.165, 1.54) is 6.07 Å². The van der Waals surface area contributed by atoms with Crippen molar-refractivity contribution in [2.24, 2.45) is 0 Å². The van der Waals surface area contributed by atoms with Gasteiger partial charge in [-0.15, -0.1) is 3.89 Å². The zero-order valence-electron chi connectivity index (χ0n) is 12.5. The minimum Gasteiger partial charge on any atom is -0.478 e. The lowest BCUT2D eigenvalue weighted by molar-refractivity contribution is 0.0696. The molecule has 0 spiro atoms. The first-order valence-corrected chi connectivity index (χ1v) is 10.2. The summed E-state index contributed by atoms with van der Waals surface area (Å²) < 4.78 is 61.6. The molecule has 7 nitrogen and oxygen atoms in total. The van der Waals surface area contributed by atoms with Crippen LogP contribution in [0.1, 0.15) is 15.9 Å². The number of rotatable bonds is 5. The predicted molar refractivity (Wildman–Crippen MR) is 91.4 cm³/mol. The van der Waals surface area contributed by atoms with E-state index in [-0.39, 0.29) is 16.1 Å². The molecule has 11 heteroatoms. The molecule has 25 heavy (non-hydrogen) atoms. The number of benzene rings is 2. The van der Waals surface area contributed by atoms with Crippen LogP contribution in [-0.4, -0.2) is 27.9 Å². The normalized spacial score (nSPS) is 12.0. The van der Waals surface area contributed by atoms with Crippen molar-refractivity contribution < 1.29 is 30.6 Å². The lowest BCUT2D eigenvalue weighted by Gasteiger charge is -2.11. The molecule has 0 saturated heterocycles. The van der Waals surface area contributed by atoms with Gasteiger partial charge < -0.3 is 5.11 Å². The van der Waals surface area contributed by atoms with Crippen molar-refractivity contribution in [1.82, 2.24) is 0 Å². The van der Waals surface area contributed by atoms with Crippen LogP contribution >= 0.6 is 15.9 Å². The van der Waals surface area contributed by atoms with Gasteiger partial charge in [0, 0.05) is 4.47 Å². The van der Waals surface area contributed by atoms with Crippen LogP contribution in [-0.2, 0) is 20.2 Å². The van der Waals surface area contributed by atoms with E-state index in [2.05, 4.69) is 20.7 Å². The fourth-order valence-electron chi connectivity index (χ4n) is 1.96. The highest BCUT2D eigenvalue weighted by Gasteiger charge is 2.19. The summed E-state index contributed by atoms with van der Waals surface area (Å²) in [5, 5.41) is 9.15. The SMILES string of the molecule is Cc1c(Br)cc(NS(=O)(=O)c2ccc(S(=O)(=O)F)cc2)cc1C(=O)O. The molecule has 0 atom stereocenters. The van der Waals surface area contributed by atoms with Crippen LogP contribution in [0.25, 0.3) is 0 Å². The molecule has 0 fully saturated rings. The second kappa shape index (κ2) is 6.73. The van der Waals surface area contributed by atoms with Gasteiger partial charge in [0.15, 0.2) is 0 Å². The summed E-state index contributed by atoms with van der Waals surface area (Å²) in [6.45, 7) is 1.56. The summed E-state index contributed by atoms with van der Waals surface area (Å²) in [5.74, 6) is -1.23. The number of nitrogens with one attached hydrogen (secondary N) is 1. The predicted octanol–water partition coefficient (Wildman–Crippen LogP) is 2.91. The van der Waals surface area contributed by atoms with Crippen molar-refractivity contribution in [2.45, 2.75) is 16.7 Å². The molecule has 0 unspecified atom stereocenters. The van der Waals surface area contributed by atoms with E-state index in [0.717, 1.165) is 30.3 Å². The molecule has 2 aromatic rings. The van der Waals surface area contributed by atoms with Crippen LogP contribution in [0, 0.1) is 6.92 Å². The van der Waals surface area contributed by atoms with Crippen molar-refractivity contribution >= 4 is 47.8 Å². The first kappa shape index (κ1) is 19.3. The Morgan fingerprint density at radius 2 is 1.60 bits per heavy atom. The molecular weight excluding hydrogens is 441 g/mol. The Morgan fingerprint density at radius 1 is 1.08 bits per heavy atom. The molecule has 2 rings (SSSR count). The topological polar surface area (TPSA) is 118 Å². The summed E-state index contributed by atoms with van der Waals surface area (Å²) in [5.41, 5.74) is 0.330. The first-order chi connectivity index (χ1) is 11.4. The zero-order valence-corrected chi connectivity index (χ0v) is 15.7. The van der Waals surface area contributed by atoms with Gasteiger partial charge in [-0.05, 0) is 48.9 Å². The van der Waals surface area contributed by atoms with Crippen LogP contribution in [0.2, 0.25) is 0 Å². The Morgan fingerprint density at radius 3 is 2.08 bits per heavy atom. The molecule has 0 radical (unpaired) electrons. The molecule has 0 aliphatic carbocycles. The molecule has 0 bridgehead atoms. The maximum Gasteiger partial charge on any atom is 0.336 e. The summed E-state index contributed by atoms with van der Waals surface area (Å²) in [6.07, 6.45) is 0. The number of hydrogen-bond acceptors (Lipinski definition) is 5. The van der Waals surface area contributed by atoms with Crippen molar-refractivity contribution in [3.8, 4) is 0 Å². The third kappa shape index (κ3) is 4.35. The smallest absolute Gasteiger partial charge is 0.336 e. The van der Waals surface area contributed by atoms with Crippen molar-refractivity contribution in [1.29, 1.82) is 0 Å². The van der Waals surface area contributed by atoms with Gasteiger partial charge in [-0.3, -0.25) is 4.72 Å². The van der Waals surface area contributed by atoms with Crippen LogP contribution in [0.4, 0.5) is 9.57 Å². The molecule has 2 N–H and O–H groups in total. The highest BCUT2D eigenvalue weighted by atomic mass is 79.9. The number of carbonyl (C=O) groups is 1. The maximum absolute atomic E-state index is 12.8. The second-order valence-corrected chi connectivity index (χ2v) is 8.83. The van der Waals surface area contributed by atoms with E-state index in [4.69, 9.17) is 5.11 Å². The van der Waals surface area contributed by atoms with E-state index in [0.29, 0.717) is 10.0 Å². The first-order valence-electron chi connectivity index (χ1n) is 6.53. The number of halogens is 2. The maximum atomic E-state index is 12.8. The quantitative estimate of drug-likeness (QED) is 0.674. The molecule has 0 aliphatic heterocycles. The summed E-state index contributed by atoms with van der Waals surface area (Å²) in [4.78, 5) is 10.2. The number of aromatic carboxylic acids is 1. The number of hydrogen-bond donors (Lipinski definition) is 2. The Balaban J connectivity index is 2.41. The van der Waals surface area contributed by atoms with Gasteiger partial charge in [0.1, 0.15) is 0 Å². The molecule has 0 heterocycles. The monoisotopic (exact) mass is 451 g/mol. The van der Waals surface area contributed by atoms with Gasteiger partial charge in [0.25, 0.3) is 10.0 Å². The fraction of sp³-hybridized carbons (Fsp3) is 0.0714. The fourth-order valence-corrected chi connectivity index (χ4v) is 3.92. The van der Waals surface area contributed by atoms with Crippen LogP contribution in [0.15, 0.2) is 50.7 Å². The minimum atomic E-state index is -4.94. The highest BCUT2D eigenvalue weighted by Crippen LogP contribution is 2.27. The van der Waals surface area contributed by atoms with Crippen molar-refractivity contribution in [3.05, 3.63) is 52.0 Å². The minimum absolute atomic E-state index is 0.00272. The van der Waals surface area contributed by atoms with Gasteiger partial charge in [-0.1, -0.05) is 15.9 Å². The second-order valence-electron chi connectivity index (χ2n) is 4.95. The Kier molecular flexibility index (Phi) is 5.21. The van der Waals surface area contributed by atoms with E-state index in [1.54, 1.807) is 6.92 Å². The van der Waals surface area contributed by atoms with E-state index in [1.807, 2.05) is 0 Å². The lowest BCUT2D eigenvalue weighted by Crippen LogP contribution is -2.14. The third-order valence-electron chi connectivity index (χ3n) is 3.24. The summed E-state index contributed by atoms with van der Waals surface area (Å²) in [6, 6.07) is 6.03.